The lowest BCUT2D eigenvalue weighted by molar-refractivity contribution is 1.30. The predicted molar refractivity (Wildman–Crippen MR) is 200 cm³/mol. The number of benzene rings is 8. The van der Waals surface area contributed by atoms with E-state index in [4.69, 9.17) is 0 Å². The molecule has 8 aromatic rings. The van der Waals surface area contributed by atoms with E-state index in [9.17, 15) is 0 Å². The molecule has 0 spiro atoms. The molecule has 0 atom stereocenters. The van der Waals surface area contributed by atoms with Gasteiger partial charge in [0.15, 0.2) is 0 Å². The van der Waals surface area contributed by atoms with Crippen LogP contribution in [0.25, 0.3) is 55.3 Å². The van der Waals surface area contributed by atoms with Gasteiger partial charge < -0.3 is 4.90 Å². The molecule has 1 nitrogen and oxygen atoms in total. The molecule has 0 unspecified atom stereocenters. The van der Waals surface area contributed by atoms with Gasteiger partial charge in [-0.05, 0) is 57.0 Å². The fourth-order valence-electron chi connectivity index (χ4n) is 6.76. The van der Waals surface area contributed by atoms with E-state index < -0.39 is 0 Å². The van der Waals surface area contributed by atoms with E-state index in [1.807, 2.05) is 0 Å². The highest BCUT2D eigenvalue weighted by Crippen LogP contribution is 2.50. The first-order valence-corrected chi connectivity index (χ1v) is 16.1. The number of hydrogen-bond donors (Lipinski definition) is 0. The van der Waals surface area contributed by atoms with Gasteiger partial charge in [-0.1, -0.05) is 182 Å². The molecule has 0 bridgehead atoms. The van der Waals surface area contributed by atoms with E-state index in [2.05, 4.69) is 205 Å². The van der Waals surface area contributed by atoms with Crippen LogP contribution in [0.4, 0.5) is 17.1 Å². The smallest absolute Gasteiger partial charge is 0.0547 e. The maximum atomic E-state index is 2.48. The van der Waals surface area contributed by atoms with E-state index in [0.717, 1.165) is 17.1 Å². The molecular weight excluding hydrogens is 567 g/mol. The molecule has 8 rings (SSSR count). The van der Waals surface area contributed by atoms with Crippen LogP contribution in [-0.4, -0.2) is 0 Å². The first-order chi connectivity index (χ1) is 23.4. The molecule has 0 saturated carbocycles. The van der Waals surface area contributed by atoms with Crippen molar-refractivity contribution in [2.75, 3.05) is 4.90 Å². The number of nitrogens with zero attached hydrogens (tertiary/aromatic N) is 1. The van der Waals surface area contributed by atoms with Crippen LogP contribution in [0, 0.1) is 0 Å². The van der Waals surface area contributed by atoms with Crippen LogP contribution < -0.4 is 4.90 Å². The second-order valence-electron chi connectivity index (χ2n) is 11.7. The van der Waals surface area contributed by atoms with Gasteiger partial charge in [-0.2, -0.15) is 0 Å². The third-order valence-corrected chi connectivity index (χ3v) is 8.89. The Balaban J connectivity index is 1.50. The van der Waals surface area contributed by atoms with Crippen molar-refractivity contribution in [2.45, 2.75) is 0 Å². The van der Waals surface area contributed by atoms with E-state index in [1.54, 1.807) is 0 Å². The Morgan fingerprint density at radius 3 is 1.38 bits per heavy atom. The molecule has 1 heteroatoms. The normalized spacial score (nSPS) is 11.0. The van der Waals surface area contributed by atoms with Crippen LogP contribution in [0.2, 0.25) is 0 Å². The van der Waals surface area contributed by atoms with E-state index >= 15 is 0 Å². The predicted octanol–water partition coefficient (Wildman–Crippen LogP) is 13.0. The van der Waals surface area contributed by atoms with Gasteiger partial charge in [-0.15, -0.1) is 0 Å². The molecule has 0 N–H and O–H groups in total. The van der Waals surface area contributed by atoms with Gasteiger partial charge in [0.1, 0.15) is 0 Å². The van der Waals surface area contributed by atoms with Crippen molar-refractivity contribution < 1.29 is 0 Å². The Labute approximate surface area is 276 Å². The molecule has 222 valence electrons. The molecule has 0 amide bonds. The Hall–Kier alpha value is -6.18. The molecule has 0 radical (unpaired) electrons. The molecule has 0 saturated heterocycles. The molecule has 0 aliphatic rings. The summed E-state index contributed by atoms with van der Waals surface area (Å²) in [4.78, 5) is 2.48. The first kappa shape index (κ1) is 28.3. The van der Waals surface area contributed by atoms with Crippen molar-refractivity contribution in [1.82, 2.24) is 0 Å². The number of rotatable bonds is 7. The summed E-state index contributed by atoms with van der Waals surface area (Å²) in [6.45, 7) is 0. The van der Waals surface area contributed by atoms with Crippen molar-refractivity contribution in [3.63, 3.8) is 0 Å². The standard InChI is InChI=1S/C46H33N/c1-4-18-34(19-5-1)38-26-12-13-29-42(38)46-41(37-22-8-3-9-23-37)30-17-33-45(46)47(44-32-16-25-36-24-10-11-27-40(36)44)43-31-15-14-28-39(43)35-20-6-2-7-21-35/h1-33H. The molecule has 47 heavy (non-hydrogen) atoms. The molecule has 8 aromatic carbocycles. The monoisotopic (exact) mass is 599 g/mol. The van der Waals surface area contributed by atoms with Gasteiger partial charge >= 0.3 is 0 Å². The summed E-state index contributed by atoms with van der Waals surface area (Å²) in [5, 5.41) is 2.41. The van der Waals surface area contributed by atoms with Gasteiger partial charge in [-0.3, -0.25) is 0 Å². The minimum Gasteiger partial charge on any atom is -0.309 e. The van der Waals surface area contributed by atoms with Gasteiger partial charge in [0.25, 0.3) is 0 Å². The van der Waals surface area contributed by atoms with E-state index in [1.165, 1.54) is 55.3 Å². The van der Waals surface area contributed by atoms with Gasteiger partial charge in [0.05, 0.1) is 17.1 Å². The second kappa shape index (κ2) is 12.7. The van der Waals surface area contributed by atoms with Crippen LogP contribution in [-0.2, 0) is 0 Å². The first-order valence-electron chi connectivity index (χ1n) is 16.1. The number of fused-ring (bicyclic) bond motifs is 1. The fourth-order valence-corrected chi connectivity index (χ4v) is 6.76. The molecule has 0 heterocycles. The molecule has 0 aromatic heterocycles. The van der Waals surface area contributed by atoms with Crippen LogP contribution in [0.1, 0.15) is 0 Å². The summed E-state index contributed by atoms with van der Waals surface area (Å²) in [5.74, 6) is 0. The third kappa shape index (κ3) is 5.39. The average molecular weight is 600 g/mol. The SMILES string of the molecule is c1ccc(-c2ccccc2-c2c(-c3ccccc3)cccc2N(c2ccccc2-c2ccccc2)c2cccc3ccccc23)cc1. The minimum absolute atomic E-state index is 1.12. The number of hydrogen-bond acceptors (Lipinski definition) is 1. The third-order valence-electron chi connectivity index (χ3n) is 8.89. The van der Waals surface area contributed by atoms with Gasteiger partial charge in [-0.25, -0.2) is 0 Å². The second-order valence-corrected chi connectivity index (χ2v) is 11.7. The summed E-state index contributed by atoms with van der Waals surface area (Å²) in [7, 11) is 0. The summed E-state index contributed by atoms with van der Waals surface area (Å²) in [6, 6.07) is 71.9. The minimum atomic E-state index is 1.12. The van der Waals surface area contributed by atoms with E-state index in [0.29, 0.717) is 0 Å². The van der Waals surface area contributed by atoms with Gasteiger partial charge in [0, 0.05) is 16.5 Å². The van der Waals surface area contributed by atoms with Crippen LogP contribution in [0.5, 0.6) is 0 Å². The van der Waals surface area contributed by atoms with Crippen molar-refractivity contribution in [3.05, 3.63) is 200 Å². The highest BCUT2D eigenvalue weighted by atomic mass is 15.1. The Bertz CT molecular complexity index is 2280. The zero-order chi connectivity index (χ0) is 31.4. The van der Waals surface area contributed by atoms with Gasteiger partial charge in [0.2, 0.25) is 0 Å². The highest BCUT2D eigenvalue weighted by molar-refractivity contribution is 6.06. The number of anilines is 3. The molecule has 0 aliphatic heterocycles. The van der Waals surface area contributed by atoms with Crippen molar-refractivity contribution in [2.24, 2.45) is 0 Å². The van der Waals surface area contributed by atoms with Crippen LogP contribution in [0.3, 0.4) is 0 Å². The molecule has 0 fully saturated rings. The largest absolute Gasteiger partial charge is 0.309 e. The lowest BCUT2D eigenvalue weighted by Gasteiger charge is -2.32. The van der Waals surface area contributed by atoms with Crippen molar-refractivity contribution >= 4 is 27.8 Å². The zero-order valence-corrected chi connectivity index (χ0v) is 26.0. The maximum Gasteiger partial charge on any atom is 0.0547 e. The van der Waals surface area contributed by atoms with E-state index in [-0.39, 0.29) is 0 Å². The quantitative estimate of drug-likeness (QED) is 0.176. The maximum absolute atomic E-state index is 2.48. The molecule has 0 aliphatic carbocycles. The summed E-state index contributed by atoms with van der Waals surface area (Å²) in [6.07, 6.45) is 0. The fraction of sp³-hybridized carbons (Fsp3) is 0. The Kier molecular flexibility index (Phi) is 7.63. The summed E-state index contributed by atoms with van der Waals surface area (Å²) < 4.78 is 0. The summed E-state index contributed by atoms with van der Waals surface area (Å²) >= 11 is 0. The molecular formula is C46H33N. The summed E-state index contributed by atoms with van der Waals surface area (Å²) in [5.41, 5.74) is 12.9. The Morgan fingerprint density at radius 1 is 0.255 bits per heavy atom. The Morgan fingerprint density at radius 2 is 0.681 bits per heavy atom. The lowest BCUT2D eigenvalue weighted by atomic mass is 9.87. The zero-order valence-electron chi connectivity index (χ0n) is 26.0. The highest BCUT2D eigenvalue weighted by Gasteiger charge is 2.25. The lowest BCUT2D eigenvalue weighted by Crippen LogP contribution is -2.13. The van der Waals surface area contributed by atoms with Crippen LogP contribution >= 0.6 is 0 Å². The van der Waals surface area contributed by atoms with Crippen LogP contribution in [0.15, 0.2) is 200 Å². The average Bonchev–Trinajstić information content (AvgIpc) is 3.16. The number of para-hydroxylation sites is 1. The van der Waals surface area contributed by atoms with Crippen molar-refractivity contribution in [3.8, 4) is 44.5 Å². The topological polar surface area (TPSA) is 3.24 Å². The van der Waals surface area contributed by atoms with Crippen molar-refractivity contribution in [1.29, 1.82) is 0 Å².